The van der Waals surface area contributed by atoms with Gasteiger partial charge in [-0.25, -0.2) is 0 Å². The van der Waals surface area contributed by atoms with Gasteiger partial charge >= 0.3 is 0 Å². The Morgan fingerprint density at radius 3 is 0.636 bits per heavy atom. The molecule has 70 valence electrons. The molecule has 0 saturated heterocycles. The Balaban J connectivity index is -0.00000000400. The molecule has 0 aromatic rings. The van der Waals surface area contributed by atoms with E-state index in [-0.39, 0.29) is 87.7 Å². The zero-order valence-electron chi connectivity index (χ0n) is 8.31. The van der Waals surface area contributed by atoms with E-state index < -0.39 is 0 Å². The fraction of sp³-hybridized carbons (Fsp3) is 0.556. The molecule has 0 fully saturated rings. The maximum atomic E-state index is 2.00. The van der Waals surface area contributed by atoms with Crippen LogP contribution in [0.15, 0.2) is 0 Å². The third-order valence-electron chi connectivity index (χ3n) is 0. The molecule has 0 spiro atoms. The Morgan fingerprint density at radius 2 is 0.636 bits per heavy atom. The summed E-state index contributed by atoms with van der Waals surface area (Å²) in [5, 5.41) is 0. The molecule has 2 radical (unpaired) electrons. The van der Waals surface area contributed by atoms with E-state index in [1.807, 2.05) is 40.5 Å². The molecule has 0 heterocycles. The average molecular weight is 310 g/mol. The molecule has 0 rings (SSSR count). The van der Waals surface area contributed by atoms with Crippen LogP contribution in [0.4, 0.5) is 0 Å². The predicted octanol–water partition coefficient (Wildman–Crippen LogP) is 3.99. The summed E-state index contributed by atoms with van der Waals surface area (Å²) in [6, 6.07) is 0. The van der Waals surface area contributed by atoms with Crippen LogP contribution in [0.25, 0.3) is 0 Å². The molecule has 0 atom stereocenters. The van der Waals surface area contributed by atoms with Crippen molar-refractivity contribution >= 4 is 0 Å². The van der Waals surface area contributed by atoms with Gasteiger partial charge in [0.2, 0.25) is 0 Å². The smallest absolute Gasteiger partial charge is 0 e. The molecular formula is C9H24Y2-4. The summed E-state index contributed by atoms with van der Waals surface area (Å²) in [6.45, 7) is 8.00. The molecule has 0 unspecified atom stereocenters. The van der Waals surface area contributed by atoms with Crippen LogP contribution in [0.5, 0.6) is 0 Å². The van der Waals surface area contributed by atoms with Crippen molar-refractivity contribution in [3.63, 3.8) is 0 Å². The molecule has 0 amide bonds. The molecule has 0 nitrogen and oxygen atoms in total. The van der Waals surface area contributed by atoms with Crippen molar-refractivity contribution in [3.05, 3.63) is 27.7 Å². The second-order valence-corrected chi connectivity index (χ2v) is 1.15. The number of rotatable bonds is 0. The van der Waals surface area contributed by atoms with E-state index in [0.717, 1.165) is 0 Å². The predicted molar refractivity (Wildman–Crippen MR) is 50.9 cm³/mol. The van der Waals surface area contributed by atoms with Gasteiger partial charge in [-0.05, 0) is 0 Å². The molecule has 0 aromatic carbocycles. The van der Waals surface area contributed by atoms with Crippen LogP contribution < -0.4 is 0 Å². The Kier molecular flexibility index (Phi) is 402. The summed E-state index contributed by atoms with van der Waals surface area (Å²) in [6.07, 6.45) is 4.00. The second-order valence-electron chi connectivity index (χ2n) is 1.15. The maximum absolute atomic E-state index is 2.00. The molecule has 0 aromatic heterocycles. The van der Waals surface area contributed by atoms with Crippen molar-refractivity contribution in [1.82, 2.24) is 0 Å². The van der Waals surface area contributed by atoms with E-state index in [0.29, 0.717) is 0 Å². The van der Waals surface area contributed by atoms with Crippen LogP contribution in [0, 0.1) is 27.7 Å². The Morgan fingerprint density at radius 1 is 0.636 bits per heavy atom. The minimum absolute atomic E-state index is 0. The van der Waals surface area contributed by atoms with Crippen LogP contribution in [0.1, 0.15) is 35.1 Å². The summed E-state index contributed by atoms with van der Waals surface area (Å²) in [7, 11) is 0. The van der Waals surface area contributed by atoms with Gasteiger partial charge in [0.1, 0.15) is 0 Å². The van der Waals surface area contributed by atoms with Gasteiger partial charge in [0.25, 0.3) is 0 Å². The first-order chi connectivity index (χ1) is 2.83. The van der Waals surface area contributed by atoms with E-state index >= 15 is 0 Å². The summed E-state index contributed by atoms with van der Waals surface area (Å²) < 4.78 is 0. The van der Waals surface area contributed by atoms with Gasteiger partial charge in [-0.2, -0.15) is 27.7 Å². The third kappa shape index (κ3) is 261. The number of hydrogen-bond acceptors (Lipinski definition) is 0. The molecule has 0 saturated carbocycles. The molecule has 11 heavy (non-hydrogen) atoms. The number of hydrogen-bond donors (Lipinski definition) is 0. The normalized spacial score (nSPS) is 3.27. The first-order valence-corrected chi connectivity index (χ1v) is 2.31. The quantitative estimate of drug-likeness (QED) is 0.594. The Hall–Kier alpha value is 2.21. The van der Waals surface area contributed by atoms with E-state index in [1.165, 1.54) is 0 Å². The fourth-order valence-corrected chi connectivity index (χ4v) is 0. The fourth-order valence-electron chi connectivity index (χ4n) is 0. The minimum Gasteiger partial charge on any atom is -0.358 e. The van der Waals surface area contributed by atoms with Gasteiger partial charge in [-0.15, -0.1) is 0 Å². The molecule has 2 heteroatoms. The van der Waals surface area contributed by atoms with Gasteiger partial charge in [0.05, 0.1) is 0 Å². The standard InChI is InChI=1S/2C3H7.CH4.2CH3.2Y/c2*1-3-2;;;;;/h2*3H,1-2H3;1H4;2*1H3;;/q2*-1;;2*-1;;. The molecule has 0 aliphatic rings. The van der Waals surface area contributed by atoms with Crippen LogP contribution in [0.2, 0.25) is 0 Å². The van der Waals surface area contributed by atoms with Crippen molar-refractivity contribution < 1.29 is 65.4 Å². The van der Waals surface area contributed by atoms with Crippen molar-refractivity contribution in [1.29, 1.82) is 0 Å². The minimum atomic E-state index is 0. The first-order valence-electron chi connectivity index (χ1n) is 2.31. The van der Waals surface area contributed by atoms with Crippen molar-refractivity contribution in [3.8, 4) is 0 Å². The van der Waals surface area contributed by atoms with Crippen LogP contribution in [-0.4, -0.2) is 0 Å². The van der Waals surface area contributed by atoms with Crippen LogP contribution in [0.3, 0.4) is 0 Å². The summed E-state index contributed by atoms with van der Waals surface area (Å²) in [5.74, 6) is 0. The van der Waals surface area contributed by atoms with Crippen molar-refractivity contribution in [2.24, 2.45) is 0 Å². The Labute approximate surface area is 126 Å². The molecule has 0 aliphatic carbocycles. The molecule has 0 N–H and O–H groups in total. The molecule has 0 aliphatic heterocycles. The third-order valence-corrected chi connectivity index (χ3v) is 0. The summed E-state index contributed by atoms with van der Waals surface area (Å²) in [5.41, 5.74) is 0. The van der Waals surface area contributed by atoms with E-state index in [4.69, 9.17) is 0 Å². The van der Waals surface area contributed by atoms with E-state index in [2.05, 4.69) is 0 Å². The zero-order chi connectivity index (χ0) is 5.41. The van der Waals surface area contributed by atoms with Crippen LogP contribution in [-0.2, 0) is 65.4 Å². The van der Waals surface area contributed by atoms with Crippen molar-refractivity contribution in [2.75, 3.05) is 0 Å². The summed E-state index contributed by atoms with van der Waals surface area (Å²) >= 11 is 0. The van der Waals surface area contributed by atoms with Gasteiger partial charge in [-0.1, -0.05) is 7.43 Å². The van der Waals surface area contributed by atoms with Gasteiger partial charge in [0.15, 0.2) is 0 Å². The van der Waals surface area contributed by atoms with Gasteiger partial charge in [0, 0.05) is 65.4 Å². The van der Waals surface area contributed by atoms with Gasteiger partial charge in [-0.3, -0.25) is 0 Å². The van der Waals surface area contributed by atoms with E-state index in [1.54, 1.807) is 0 Å². The van der Waals surface area contributed by atoms with Crippen molar-refractivity contribution in [2.45, 2.75) is 35.1 Å². The topological polar surface area (TPSA) is 0 Å². The Bertz CT molecular complexity index is 9.52. The molecular weight excluding hydrogens is 286 g/mol. The largest absolute Gasteiger partial charge is 0.358 e. The first kappa shape index (κ1) is 51.1. The summed E-state index contributed by atoms with van der Waals surface area (Å²) in [4.78, 5) is 0. The maximum Gasteiger partial charge on any atom is 0 e. The second kappa shape index (κ2) is 86.6. The van der Waals surface area contributed by atoms with Crippen LogP contribution >= 0.6 is 0 Å². The SMILES string of the molecule is C.C[CH-]C.C[CH-]C.[CH3-].[CH3-].[Y].[Y]. The molecule has 0 bridgehead atoms. The average Bonchev–Trinajstić information content (AvgIpc) is 1.39. The van der Waals surface area contributed by atoms with E-state index in [9.17, 15) is 0 Å². The van der Waals surface area contributed by atoms with Gasteiger partial charge < -0.3 is 27.7 Å². The zero-order valence-corrected chi connectivity index (χ0v) is 14.0. The monoisotopic (exact) mass is 310 g/mol.